The fraction of sp³-hybridized carbons (Fsp3) is 0.826. The molecule has 4 atom stereocenters. The van der Waals surface area contributed by atoms with Crippen molar-refractivity contribution >= 4 is 11.8 Å². The molecule has 0 aliphatic heterocycles. The van der Waals surface area contributed by atoms with Gasteiger partial charge < -0.3 is 24.8 Å². The average Bonchev–Trinajstić information content (AvgIpc) is 3.06. The van der Waals surface area contributed by atoms with E-state index in [1.807, 2.05) is 6.08 Å². The van der Waals surface area contributed by atoms with E-state index in [2.05, 4.69) is 13.0 Å². The van der Waals surface area contributed by atoms with Gasteiger partial charge in [0.05, 0.1) is 0 Å². The number of aliphatic hydroxyl groups excluding tert-OH is 1. The van der Waals surface area contributed by atoms with E-state index in [0.29, 0.717) is 25.7 Å². The fourth-order valence-corrected chi connectivity index (χ4v) is 4.32. The molecule has 1 fully saturated rings. The highest BCUT2D eigenvalue weighted by molar-refractivity contribution is 5.83. The van der Waals surface area contributed by atoms with Gasteiger partial charge in [0.1, 0.15) is 11.4 Å². The number of hydrogen-bond acceptors (Lipinski definition) is 6. The molecular formula is C23H40O7. The number of allylic oxidation sites excluding steroid dienone is 1. The van der Waals surface area contributed by atoms with Crippen LogP contribution in [0.4, 0.5) is 0 Å². The van der Waals surface area contributed by atoms with Crippen LogP contribution >= 0.6 is 0 Å². The first-order valence-corrected chi connectivity index (χ1v) is 11.2. The highest BCUT2D eigenvalue weighted by atomic mass is 16.7. The van der Waals surface area contributed by atoms with Gasteiger partial charge in [-0.15, -0.1) is 0 Å². The van der Waals surface area contributed by atoms with Crippen LogP contribution in [0.2, 0.25) is 0 Å². The summed E-state index contributed by atoms with van der Waals surface area (Å²) in [6.45, 7) is 2.07. The number of carboxylic acids is 1. The lowest BCUT2D eigenvalue weighted by Crippen LogP contribution is -2.44. The van der Waals surface area contributed by atoms with E-state index in [4.69, 9.17) is 14.6 Å². The lowest BCUT2D eigenvalue weighted by Gasteiger charge is -2.33. The topological polar surface area (TPSA) is 113 Å². The van der Waals surface area contributed by atoms with Gasteiger partial charge in [-0.05, 0) is 38.0 Å². The van der Waals surface area contributed by atoms with Gasteiger partial charge in [0.15, 0.2) is 12.4 Å². The van der Waals surface area contributed by atoms with Gasteiger partial charge >= 0.3 is 5.97 Å². The Morgan fingerprint density at radius 1 is 1.23 bits per heavy atom. The maximum absolute atomic E-state index is 12.3. The molecule has 0 aromatic rings. The van der Waals surface area contributed by atoms with Crippen LogP contribution in [0.1, 0.15) is 77.6 Å². The van der Waals surface area contributed by atoms with Crippen LogP contribution < -0.4 is 0 Å². The van der Waals surface area contributed by atoms with Crippen molar-refractivity contribution in [2.45, 2.75) is 95.5 Å². The smallest absolute Gasteiger partial charge is 0.332 e. The van der Waals surface area contributed by atoms with E-state index < -0.39 is 24.0 Å². The van der Waals surface area contributed by atoms with Gasteiger partial charge in [-0.2, -0.15) is 0 Å². The van der Waals surface area contributed by atoms with Crippen molar-refractivity contribution in [3.05, 3.63) is 12.2 Å². The van der Waals surface area contributed by atoms with Crippen LogP contribution in [0.15, 0.2) is 12.2 Å². The molecule has 1 rings (SSSR count). The Morgan fingerprint density at radius 3 is 2.53 bits per heavy atom. The second-order valence-corrected chi connectivity index (χ2v) is 8.41. The number of aliphatic carboxylic acids is 1. The Hall–Kier alpha value is -1.28. The number of ketones is 1. The largest absolute Gasteiger partial charge is 0.479 e. The number of carbonyl (C=O) groups excluding carboxylic acids is 1. The van der Waals surface area contributed by atoms with E-state index in [9.17, 15) is 19.8 Å². The highest BCUT2D eigenvalue weighted by Gasteiger charge is 2.36. The van der Waals surface area contributed by atoms with Crippen LogP contribution in [0.25, 0.3) is 0 Å². The lowest BCUT2D eigenvalue weighted by molar-refractivity contribution is -0.216. The summed E-state index contributed by atoms with van der Waals surface area (Å²) < 4.78 is 10.6. The van der Waals surface area contributed by atoms with Crippen molar-refractivity contribution in [3.63, 3.8) is 0 Å². The molecule has 0 aromatic heterocycles. The maximum atomic E-state index is 12.3. The first-order chi connectivity index (χ1) is 14.3. The molecule has 1 aliphatic rings. The summed E-state index contributed by atoms with van der Waals surface area (Å²) in [4.78, 5) is 22.9. The first-order valence-electron chi connectivity index (χ1n) is 11.2. The van der Waals surface area contributed by atoms with Gasteiger partial charge in [-0.3, -0.25) is 4.79 Å². The number of Topliss-reactive ketones (excluding diaryl/α,β-unsaturated/α-hetero) is 1. The summed E-state index contributed by atoms with van der Waals surface area (Å²) in [5.74, 6) is -0.756. The van der Waals surface area contributed by atoms with Gasteiger partial charge in [-0.25, -0.2) is 4.79 Å². The molecular weight excluding hydrogens is 388 g/mol. The Balaban J connectivity index is 2.57. The SMILES string of the molecule is CCCCC(O)(CC=C[C@H]1CCC(=O)[C@@H]1CCCCCC(O)C(=O)O)C(OC)OC. The Bertz CT molecular complexity index is 544. The standard InChI is InChI=1S/C23H40O7/c1-4-5-15-23(28,22(29-2)30-3)16-9-10-17-13-14-19(24)18(17)11-7-6-8-12-20(25)21(26)27/h9-10,17-18,20,22,25,28H,4-8,11-16H2,1-3H3,(H,26,27)/t17-,18+,20?,23?/m0/s1. The van der Waals surface area contributed by atoms with E-state index in [0.717, 1.165) is 38.5 Å². The molecule has 7 heteroatoms. The Morgan fingerprint density at radius 2 is 1.93 bits per heavy atom. The molecule has 174 valence electrons. The van der Waals surface area contributed by atoms with Gasteiger partial charge in [0.25, 0.3) is 0 Å². The summed E-state index contributed by atoms with van der Waals surface area (Å²) in [6.07, 6.45) is 9.52. The van der Waals surface area contributed by atoms with E-state index in [-0.39, 0.29) is 24.0 Å². The molecule has 0 aromatic carbocycles. The van der Waals surface area contributed by atoms with Crippen LogP contribution in [0, 0.1) is 11.8 Å². The van der Waals surface area contributed by atoms with Crippen molar-refractivity contribution < 1.29 is 34.4 Å². The molecule has 0 bridgehead atoms. The summed E-state index contributed by atoms with van der Waals surface area (Å²) in [5.41, 5.74) is -1.10. The number of unbranched alkanes of at least 4 members (excludes halogenated alkanes) is 3. The minimum Gasteiger partial charge on any atom is -0.479 e. The normalized spacial score (nSPS) is 22.7. The molecule has 1 saturated carbocycles. The van der Waals surface area contributed by atoms with Crippen molar-refractivity contribution in [2.75, 3.05) is 14.2 Å². The number of ether oxygens (including phenoxy) is 2. The van der Waals surface area contributed by atoms with Gasteiger partial charge in [-0.1, -0.05) is 51.2 Å². The monoisotopic (exact) mass is 428 g/mol. The Labute approximate surface area is 180 Å². The van der Waals surface area contributed by atoms with E-state index in [1.165, 1.54) is 14.2 Å². The zero-order chi connectivity index (χ0) is 22.6. The molecule has 0 saturated heterocycles. The van der Waals surface area contributed by atoms with E-state index >= 15 is 0 Å². The number of methoxy groups -OCH3 is 2. The van der Waals surface area contributed by atoms with Crippen LogP contribution in [0.3, 0.4) is 0 Å². The molecule has 0 radical (unpaired) electrons. The van der Waals surface area contributed by atoms with Gasteiger partial charge in [0, 0.05) is 26.6 Å². The summed E-state index contributed by atoms with van der Waals surface area (Å²) in [6, 6.07) is 0. The zero-order valence-corrected chi connectivity index (χ0v) is 18.7. The van der Waals surface area contributed by atoms with Crippen molar-refractivity contribution in [1.82, 2.24) is 0 Å². The van der Waals surface area contributed by atoms with E-state index in [1.54, 1.807) is 0 Å². The first kappa shape index (κ1) is 26.8. The second kappa shape index (κ2) is 13.9. The summed E-state index contributed by atoms with van der Waals surface area (Å²) >= 11 is 0. The minimum absolute atomic E-state index is 0.0185. The van der Waals surface area contributed by atoms with Crippen LogP contribution in [-0.2, 0) is 19.1 Å². The predicted molar refractivity (Wildman–Crippen MR) is 114 cm³/mol. The highest BCUT2D eigenvalue weighted by Crippen LogP contribution is 2.35. The molecule has 7 nitrogen and oxygen atoms in total. The summed E-state index contributed by atoms with van der Waals surface area (Å²) in [5, 5.41) is 29.1. The summed E-state index contributed by atoms with van der Waals surface area (Å²) in [7, 11) is 3.05. The van der Waals surface area contributed by atoms with Crippen molar-refractivity contribution in [2.24, 2.45) is 11.8 Å². The van der Waals surface area contributed by atoms with Crippen LogP contribution in [-0.4, -0.2) is 59.3 Å². The molecule has 30 heavy (non-hydrogen) atoms. The second-order valence-electron chi connectivity index (χ2n) is 8.41. The molecule has 2 unspecified atom stereocenters. The number of aliphatic hydroxyl groups is 2. The predicted octanol–water partition coefficient (Wildman–Crippen LogP) is 3.46. The third-order valence-electron chi connectivity index (χ3n) is 6.12. The molecule has 0 amide bonds. The number of rotatable bonds is 16. The molecule has 1 aliphatic carbocycles. The zero-order valence-electron chi connectivity index (χ0n) is 18.7. The third-order valence-corrected chi connectivity index (χ3v) is 6.12. The molecule has 0 heterocycles. The Kier molecular flexibility index (Phi) is 12.4. The van der Waals surface area contributed by atoms with Crippen molar-refractivity contribution in [1.29, 1.82) is 0 Å². The number of carboxylic acid groups (broad SMARTS) is 1. The lowest BCUT2D eigenvalue weighted by atomic mass is 9.87. The van der Waals surface area contributed by atoms with Gasteiger partial charge in [0.2, 0.25) is 0 Å². The van der Waals surface area contributed by atoms with Crippen molar-refractivity contribution in [3.8, 4) is 0 Å². The fourth-order valence-electron chi connectivity index (χ4n) is 4.32. The maximum Gasteiger partial charge on any atom is 0.332 e. The number of hydrogen-bond donors (Lipinski definition) is 3. The average molecular weight is 429 g/mol. The minimum atomic E-state index is -1.30. The van der Waals surface area contributed by atoms with Crippen LogP contribution in [0.5, 0.6) is 0 Å². The third kappa shape index (κ3) is 8.46. The molecule has 0 spiro atoms. The quantitative estimate of drug-likeness (QED) is 0.196. The number of carbonyl (C=O) groups is 2. The molecule has 3 N–H and O–H groups in total.